The van der Waals surface area contributed by atoms with Crippen molar-refractivity contribution in [2.45, 2.75) is 20.8 Å². The van der Waals surface area contributed by atoms with Crippen LogP contribution < -0.4 is 0 Å². The highest BCUT2D eigenvalue weighted by Crippen LogP contribution is 2.30. The molecule has 126 valence electrons. The van der Waals surface area contributed by atoms with E-state index in [9.17, 15) is 4.79 Å². The zero-order chi connectivity index (χ0) is 17.8. The van der Waals surface area contributed by atoms with Gasteiger partial charge in [0.05, 0.1) is 17.5 Å². The second kappa shape index (κ2) is 5.24. The Balaban J connectivity index is 1.93. The van der Waals surface area contributed by atoms with Crippen LogP contribution in [0.3, 0.4) is 0 Å². The molecule has 0 bridgehead atoms. The average Bonchev–Trinajstić information content (AvgIpc) is 3.14. The summed E-state index contributed by atoms with van der Waals surface area (Å²) < 4.78 is 1.97. The number of aromatic amines is 1. The van der Waals surface area contributed by atoms with Crippen molar-refractivity contribution in [3.63, 3.8) is 0 Å². The standard InChI is InChI=1S/C19H19N5O/c1-19(2,3)16(25)12-8-21-17-15(12)23-14(9-22-17)13-10-24(4)18-11(13)6-5-7-20-18/h5-10H,1-4H3,(H,21,22). The first-order chi connectivity index (χ1) is 11.9. The fourth-order valence-electron chi connectivity index (χ4n) is 3.01. The fourth-order valence-corrected chi connectivity index (χ4v) is 3.01. The molecule has 1 N–H and O–H groups in total. The molecule has 6 heteroatoms. The Bertz CT molecular complexity index is 1110. The number of hydrogen-bond donors (Lipinski definition) is 1. The van der Waals surface area contributed by atoms with Crippen LogP contribution in [-0.4, -0.2) is 30.3 Å². The van der Waals surface area contributed by atoms with Gasteiger partial charge in [0.2, 0.25) is 0 Å². The average molecular weight is 333 g/mol. The molecule has 4 aromatic rings. The summed E-state index contributed by atoms with van der Waals surface area (Å²) in [5, 5.41) is 1.01. The van der Waals surface area contributed by atoms with Gasteiger partial charge in [0.15, 0.2) is 11.4 Å². The topological polar surface area (TPSA) is 76.5 Å². The van der Waals surface area contributed by atoms with Crippen LogP contribution in [0, 0.1) is 5.41 Å². The third-order valence-corrected chi connectivity index (χ3v) is 4.32. The van der Waals surface area contributed by atoms with E-state index in [1.54, 1.807) is 18.6 Å². The van der Waals surface area contributed by atoms with E-state index in [2.05, 4.69) is 15.0 Å². The lowest BCUT2D eigenvalue weighted by molar-refractivity contribution is 0.0860. The first-order valence-corrected chi connectivity index (χ1v) is 8.15. The minimum Gasteiger partial charge on any atom is -0.344 e. The number of aromatic nitrogens is 5. The van der Waals surface area contributed by atoms with Gasteiger partial charge in [-0.1, -0.05) is 20.8 Å². The summed E-state index contributed by atoms with van der Waals surface area (Å²) in [6.45, 7) is 5.71. The molecule has 0 saturated heterocycles. The van der Waals surface area contributed by atoms with E-state index in [1.165, 1.54) is 0 Å². The van der Waals surface area contributed by atoms with Crippen molar-refractivity contribution in [1.29, 1.82) is 0 Å². The highest BCUT2D eigenvalue weighted by Gasteiger charge is 2.26. The largest absolute Gasteiger partial charge is 0.344 e. The number of ketones is 1. The SMILES string of the molecule is Cn1cc(-c2cnc3[nH]cc(C(=O)C(C)(C)C)c3n2)c2cccnc21. The second-order valence-corrected chi connectivity index (χ2v) is 7.26. The van der Waals surface area contributed by atoms with Crippen LogP contribution in [0.1, 0.15) is 31.1 Å². The third kappa shape index (κ3) is 2.41. The van der Waals surface area contributed by atoms with Crippen LogP contribution >= 0.6 is 0 Å². The van der Waals surface area contributed by atoms with Crippen molar-refractivity contribution >= 4 is 28.0 Å². The molecule has 4 rings (SSSR count). The van der Waals surface area contributed by atoms with Crippen molar-refractivity contribution in [3.05, 3.63) is 42.5 Å². The van der Waals surface area contributed by atoms with Gasteiger partial charge in [-0.25, -0.2) is 15.0 Å². The Hall–Kier alpha value is -3.02. The van der Waals surface area contributed by atoms with Gasteiger partial charge < -0.3 is 9.55 Å². The van der Waals surface area contributed by atoms with E-state index >= 15 is 0 Å². The molecule has 0 amide bonds. The molecular weight excluding hydrogens is 314 g/mol. The van der Waals surface area contributed by atoms with E-state index in [0.29, 0.717) is 16.7 Å². The van der Waals surface area contributed by atoms with Crippen LogP contribution in [0.5, 0.6) is 0 Å². The maximum Gasteiger partial charge on any atom is 0.171 e. The number of nitrogens with zero attached hydrogens (tertiary/aromatic N) is 4. The first kappa shape index (κ1) is 15.5. The molecule has 0 saturated carbocycles. The summed E-state index contributed by atoms with van der Waals surface area (Å²) >= 11 is 0. The van der Waals surface area contributed by atoms with Gasteiger partial charge in [0.1, 0.15) is 11.2 Å². The van der Waals surface area contributed by atoms with Gasteiger partial charge in [0.25, 0.3) is 0 Å². The Morgan fingerprint density at radius 1 is 1.24 bits per heavy atom. The van der Waals surface area contributed by atoms with Crippen molar-refractivity contribution in [3.8, 4) is 11.3 Å². The number of Topliss-reactive ketones (excluding diaryl/α,β-unsaturated/α-hetero) is 1. The minimum atomic E-state index is -0.476. The molecule has 4 heterocycles. The molecule has 0 spiro atoms. The van der Waals surface area contributed by atoms with Gasteiger partial charge in [-0.3, -0.25) is 4.79 Å². The molecule has 6 nitrogen and oxygen atoms in total. The number of nitrogens with one attached hydrogen (secondary N) is 1. The lowest BCUT2D eigenvalue weighted by Gasteiger charge is -2.15. The van der Waals surface area contributed by atoms with E-state index in [1.807, 2.05) is 50.7 Å². The fraction of sp³-hybridized carbons (Fsp3) is 0.263. The van der Waals surface area contributed by atoms with Gasteiger partial charge in [0, 0.05) is 42.0 Å². The summed E-state index contributed by atoms with van der Waals surface area (Å²) in [6, 6.07) is 3.92. The zero-order valence-corrected chi connectivity index (χ0v) is 14.7. The van der Waals surface area contributed by atoms with Gasteiger partial charge in [-0.05, 0) is 12.1 Å². The first-order valence-electron chi connectivity index (χ1n) is 8.15. The van der Waals surface area contributed by atoms with E-state index < -0.39 is 5.41 Å². The van der Waals surface area contributed by atoms with Gasteiger partial charge >= 0.3 is 0 Å². The second-order valence-electron chi connectivity index (χ2n) is 7.26. The number of carbonyl (C=O) groups is 1. The highest BCUT2D eigenvalue weighted by atomic mass is 16.1. The smallest absolute Gasteiger partial charge is 0.171 e. The summed E-state index contributed by atoms with van der Waals surface area (Å²) in [6.07, 6.45) is 7.19. The highest BCUT2D eigenvalue weighted by molar-refractivity contribution is 6.08. The van der Waals surface area contributed by atoms with Gasteiger partial charge in [-0.15, -0.1) is 0 Å². The molecule has 0 radical (unpaired) electrons. The summed E-state index contributed by atoms with van der Waals surface area (Å²) in [5.41, 5.74) is 3.91. The Labute approximate surface area is 144 Å². The van der Waals surface area contributed by atoms with E-state index in [4.69, 9.17) is 4.98 Å². The zero-order valence-electron chi connectivity index (χ0n) is 14.7. The Morgan fingerprint density at radius 3 is 2.80 bits per heavy atom. The summed E-state index contributed by atoms with van der Waals surface area (Å²) in [7, 11) is 1.95. The Morgan fingerprint density at radius 2 is 2.04 bits per heavy atom. The number of carbonyl (C=O) groups excluding carboxylic acids is 1. The number of pyridine rings is 1. The maximum absolute atomic E-state index is 12.7. The number of H-pyrrole nitrogens is 1. The molecule has 0 fully saturated rings. The molecule has 4 aromatic heterocycles. The lowest BCUT2D eigenvalue weighted by atomic mass is 9.87. The quantitative estimate of drug-likeness (QED) is 0.567. The van der Waals surface area contributed by atoms with E-state index in [0.717, 1.165) is 22.3 Å². The molecular formula is C19H19N5O. The van der Waals surface area contributed by atoms with Crippen molar-refractivity contribution in [1.82, 2.24) is 24.5 Å². The molecule has 0 unspecified atom stereocenters. The number of fused-ring (bicyclic) bond motifs is 2. The molecule has 0 aliphatic rings. The molecule has 0 atom stereocenters. The van der Waals surface area contributed by atoms with Crippen molar-refractivity contribution in [2.24, 2.45) is 12.5 Å². The predicted octanol–water partition coefficient (Wildman–Crippen LogP) is 3.74. The monoisotopic (exact) mass is 333 g/mol. The van der Waals surface area contributed by atoms with E-state index in [-0.39, 0.29) is 5.78 Å². The molecule has 0 aliphatic carbocycles. The van der Waals surface area contributed by atoms with Gasteiger partial charge in [-0.2, -0.15) is 0 Å². The minimum absolute atomic E-state index is 0.0461. The number of hydrogen-bond acceptors (Lipinski definition) is 4. The summed E-state index contributed by atoms with van der Waals surface area (Å²) in [5.74, 6) is 0.0461. The molecule has 0 aromatic carbocycles. The predicted molar refractivity (Wildman–Crippen MR) is 97.4 cm³/mol. The maximum atomic E-state index is 12.7. The number of rotatable bonds is 2. The van der Waals surface area contributed by atoms with Crippen LogP contribution in [0.15, 0.2) is 36.9 Å². The van der Waals surface area contributed by atoms with Crippen molar-refractivity contribution < 1.29 is 4.79 Å². The van der Waals surface area contributed by atoms with Crippen LogP contribution in [0.4, 0.5) is 0 Å². The lowest BCUT2D eigenvalue weighted by Crippen LogP contribution is -2.20. The van der Waals surface area contributed by atoms with Crippen LogP contribution in [-0.2, 0) is 7.05 Å². The van der Waals surface area contributed by atoms with Crippen molar-refractivity contribution in [2.75, 3.05) is 0 Å². The third-order valence-electron chi connectivity index (χ3n) is 4.32. The molecule has 0 aliphatic heterocycles. The number of aryl methyl sites for hydroxylation is 1. The van der Waals surface area contributed by atoms with Crippen LogP contribution in [0.25, 0.3) is 33.5 Å². The van der Waals surface area contributed by atoms with Crippen LogP contribution in [0.2, 0.25) is 0 Å². The molecule has 25 heavy (non-hydrogen) atoms. The Kier molecular flexibility index (Phi) is 3.25. The summed E-state index contributed by atoms with van der Waals surface area (Å²) in [4.78, 5) is 29.4. The normalized spacial score (nSPS) is 12.2.